The number of methoxy groups -OCH3 is 3. The second kappa shape index (κ2) is 8.99. The SMILES string of the molecule is COc1cc(CCC(=O)Nc2ccc(N(C)C)cc2)cc(OC)c1OC. The fourth-order valence-corrected chi connectivity index (χ4v) is 2.60. The number of carbonyl (C=O) groups is 1. The van der Waals surface area contributed by atoms with Crippen molar-refractivity contribution in [3.8, 4) is 17.2 Å². The first-order valence-corrected chi connectivity index (χ1v) is 8.34. The summed E-state index contributed by atoms with van der Waals surface area (Å²) in [7, 11) is 8.67. The highest BCUT2D eigenvalue weighted by Crippen LogP contribution is 2.38. The Hall–Kier alpha value is -2.89. The normalized spacial score (nSPS) is 10.2. The lowest BCUT2D eigenvalue weighted by Gasteiger charge is -2.14. The van der Waals surface area contributed by atoms with Crippen LogP contribution in [0.1, 0.15) is 12.0 Å². The van der Waals surface area contributed by atoms with Gasteiger partial charge in [0.25, 0.3) is 0 Å². The first-order chi connectivity index (χ1) is 12.5. The van der Waals surface area contributed by atoms with E-state index in [4.69, 9.17) is 14.2 Å². The van der Waals surface area contributed by atoms with Crippen molar-refractivity contribution >= 4 is 17.3 Å². The van der Waals surface area contributed by atoms with Gasteiger partial charge in [-0.1, -0.05) is 0 Å². The first kappa shape index (κ1) is 19.4. The number of hydrogen-bond acceptors (Lipinski definition) is 5. The number of benzene rings is 2. The van der Waals surface area contributed by atoms with Gasteiger partial charge in [0.2, 0.25) is 11.7 Å². The lowest BCUT2D eigenvalue weighted by Crippen LogP contribution is -2.13. The van der Waals surface area contributed by atoms with Gasteiger partial charge in [-0.25, -0.2) is 0 Å². The van der Waals surface area contributed by atoms with Crippen molar-refractivity contribution < 1.29 is 19.0 Å². The van der Waals surface area contributed by atoms with Crippen molar-refractivity contribution in [2.24, 2.45) is 0 Å². The third kappa shape index (κ3) is 4.81. The average Bonchev–Trinajstić information content (AvgIpc) is 2.65. The molecule has 6 nitrogen and oxygen atoms in total. The van der Waals surface area contributed by atoms with Gasteiger partial charge >= 0.3 is 0 Å². The van der Waals surface area contributed by atoms with Gasteiger partial charge in [0, 0.05) is 31.9 Å². The monoisotopic (exact) mass is 358 g/mol. The van der Waals surface area contributed by atoms with Crippen LogP contribution in [0.5, 0.6) is 17.2 Å². The van der Waals surface area contributed by atoms with Crippen molar-refractivity contribution in [1.29, 1.82) is 0 Å². The molecule has 0 spiro atoms. The van der Waals surface area contributed by atoms with E-state index < -0.39 is 0 Å². The van der Waals surface area contributed by atoms with Crippen LogP contribution in [0.2, 0.25) is 0 Å². The molecule has 2 aromatic carbocycles. The van der Waals surface area contributed by atoms with Gasteiger partial charge in [0.05, 0.1) is 21.3 Å². The summed E-state index contributed by atoms with van der Waals surface area (Å²) >= 11 is 0. The number of nitrogens with one attached hydrogen (secondary N) is 1. The number of ether oxygens (including phenoxy) is 3. The Morgan fingerprint density at radius 1 is 0.962 bits per heavy atom. The Balaban J connectivity index is 2.00. The van der Waals surface area contributed by atoms with Crippen LogP contribution in [0.4, 0.5) is 11.4 Å². The number of amides is 1. The first-order valence-electron chi connectivity index (χ1n) is 8.34. The second-order valence-corrected chi connectivity index (χ2v) is 6.02. The standard InChI is InChI=1S/C20H26N2O4/c1-22(2)16-9-7-15(8-10-16)21-19(23)11-6-14-12-17(24-3)20(26-5)18(13-14)25-4/h7-10,12-13H,6,11H2,1-5H3,(H,21,23). The molecule has 0 fully saturated rings. The molecule has 2 rings (SSSR count). The fourth-order valence-electron chi connectivity index (χ4n) is 2.60. The largest absolute Gasteiger partial charge is 0.493 e. The molecular weight excluding hydrogens is 332 g/mol. The van der Waals surface area contributed by atoms with Crippen molar-refractivity contribution in [2.75, 3.05) is 45.6 Å². The van der Waals surface area contributed by atoms with Crippen LogP contribution in [0.25, 0.3) is 0 Å². The molecule has 0 saturated carbocycles. The Kier molecular flexibility index (Phi) is 6.72. The Bertz CT molecular complexity index is 717. The average molecular weight is 358 g/mol. The Morgan fingerprint density at radius 2 is 1.54 bits per heavy atom. The number of rotatable bonds is 8. The van der Waals surface area contributed by atoms with E-state index in [2.05, 4.69) is 5.32 Å². The summed E-state index contributed by atoms with van der Waals surface area (Å²) in [5.74, 6) is 1.67. The van der Waals surface area contributed by atoms with Gasteiger partial charge in [0.15, 0.2) is 11.5 Å². The molecule has 0 radical (unpaired) electrons. The number of hydrogen-bond donors (Lipinski definition) is 1. The molecular formula is C20H26N2O4. The van der Waals surface area contributed by atoms with Crippen molar-refractivity contribution in [2.45, 2.75) is 12.8 Å². The molecule has 0 heterocycles. The van der Waals surface area contributed by atoms with E-state index in [1.54, 1.807) is 21.3 Å². The van der Waals surface area contributed by atoms with Gasteiger partial charge in [-0.2, -0.15) is 0 Å². The molecule has 0 saturated heterocycles. The maximum atomic E-state index is 12.2. The summed E-state index contributed by atoms with van der Waals surface area (Å²) in [6, 6.07) is 11.4. The van der Waals surface area contributed by atoms with Crippen molar-refractivity contribution in [1.82, 2.24) is 0 Å². The third-order valence-electron chi connectivity index (χ3n) is 4.03. The Morgan fingerprint density at radius 3 is 2.00 bits per heavy atom. The number of nitrogens with zero attached hydrogens (tertiary/aromatic N) is 1. The summed E-state index contributed by atoms with van der Waals surface area (Å²) in [4.78, 5) is 14.2. The van der Waals surface area contributed by atoms with Gasteiger partial charge < -0.3 is 24.4 Å². The zero-order valence-corrected chi connectivity index (χ0v) is 16.0. The maximum absolute atomic E-state index is 12.2. The molecule has 0 aliphatic carbocycles. The molecule has 0 aliphatic heterocycles. The van der Waals surface area contributed by atoms with E-state index in [1.165, 1.54) is 0 Å². The van der Waals surface area contributed by atoms with E-state index in [0.717, 1.165) is 16.9 Å². The summed E-state index contributed by atoms with van der Waals surface area (Å²) in [5, 5.41) is 2.91. The molecule has 2 aromatic rings. The van der Waals surface area contributed by atoms with Crippen LogP contribution in [-0.2, 0) is 11.2 Å². The highest BCUT2D eigenvalue weighted by Gasteiger charge is 2.14. The van der Waals surface area contributed by atoms with Crippen molar-refractivity contribution in [3.05, 3.63) is 42.0 Å². The van der Waals surface area contributed by atoms with Gasteiger partial charge in [-0.3, -0.25) is 4.79 Å². The van der Waals surface area contributed by atoms with E-state index in [-0.39, 0.29) is 5.91 Å². The number of carbonyl (C=O) groups excluding carboxylic acids is 1. The molecule has 0 aromatic heterocycles. The zero-order valence-electron chi connectivity index (χ0n) is 16.0. The lowest BCUT2D eigenvalue weighted by molar-refractivity contribution is -0.116. The van der Waals surface area contributed by atoms with E-state index >= 15 is 0 Å². The predicted molar refractivity (Wildman–Crippen MR) is 104 cm³/mol. The Labute approximate surface area is 154 Å². The molecule has 1 amide bonds. The molecule has 0 unspecified atom stereocenters. The summed E-state index contributed by atoms with van der Waals surface area (Å²) in [5.41, 5.74) is 2.81. The van der Waals surface area contributed by atoms with Gasteiger partial charge in [-0.15, -0.1) is 0 Å². The zero-order chi connectivity index (χ0) is 19.1. The number of anilines is 2. The van der Waals surface area contributed by atoms with E-state index in [0.29, 0.717) is 30.1 Å². The third-order valence-corrected chi connectivity index (χ3v) is 4.03. The molecule has 0 aliphatic rings. The van der Waals surface area contributed by atoms with E-state index in [9.17, 15) is 4.79 Å². The fraction of sp³-hybridized carbons (Fsp3) is 0.350. The number of aryl methyl sites for hydroxylation is 1. The maximum Gasteiger partial charge on any atom is 0.224 e. The highest BCUT2D eigenvalue weighted by molar-refractivity contribution is 5.91. The molecule has 6 heteroatoms. The minimum Gasteiger partial charge on any atom is -0.493 e. The minimum atomic E-state index is -0.0450. The smallest absolute Gasteiger partial charge is 0.224 e. The van der Waals surface area contributed by atoms with Crippen LogP contribution in [0.3, 0.4) is 0 Å². The molecule has 140 valence electrons. The quantitative estimate of drug-likeness (QED) is 0.784. The van der Waals surface area contributed by atoms with Crippen LogP contribution in [0.15, 0.2) is 36.4 Å². The predicted octanol–water partition coefficient (Wildman–Crippen LogP) is 3.35. The van der Waals surface area contributed by atoms with Gasteiger partial charge in [-0.05, 0) is 48.4 Å². The minimum absolute atomic E-state index is 0.0450. The topological polar surface area (TPSA) is 60.0 Å². The highest BCUT2D eigenvalue weighted by atomic mass is 16.5. The van der Waals surface area contributed by atoms with Crippen LogP contribution in [0, 0.1) is 0 Å². The summed E-state index contributed by atoms with van der Waals surface area (Å²) in [6.45, 7) is 0. The van der Waals surface area contributed by atoms with E-state index in [1.807, 2.05) is 55.4 Å². The van der Waals surface area contributed by atoms with Gasteiger partial charge in [0.1, 0.15) is 0 Å². The summed E-state index contributed by atoms with van der Waals surface area (Å²) in [6.07, 6.45) is 0.923. The van der Waals surface area contributed by atoms with Crippen LogP contribution < -0.4 is 24.4 Å². The molecule has 1 N–H and O–H groups in total. The molecule has 0 bridgehead atoms. The van der Waals surface area contributed by atoms with Crippen LogP contribution >= 0.6 is 0 Å². The molecule has 0 atom stereocenters. The van der Waals surface area contributed by atoms with Crippen LogP contribution in [-0.4, -0.2) is 41.3 Å². The summed E-state index contributed by atoms with van der Waals surface area (Å²) < 4.78 is 16.0. The second-order valence-electron chi connectivity index (χ2n) is 6.02. The molecule has 26 heavy (non-hydrogen) atoms. The van der Waals surface area contributed by atoms with Crippen molar-refractivity contribution in [3.63, 3.8) is 0 Å². The lowest BCUT2D eigenvalue weighted by atomic mass is 10.1.